The van der Waals surface area contributed by atoms with Crippen molar-refractivity contribution in [3.05, 3.63) is 124 Å². The smallest absolute Gasteiger partial charge is 0.328 e. The number of likely N-dealkylation sites (tertiary alicyclic amines) is 1. The number of hydrogen-bond donors (Lipinski definition) is 2. The molecular weight excluding hydrogens is 546 g/mol. The van der Waals surface area contributed by atoms with Gasteiger partial charge in [-0.05, 0) is 95.9 Å². The minimum atomic E-state index is -1.26. The molecule has 3 aromatic carbocycles. The lowest BCUT2D eigenvalue weighted by atomic mass is 9.86. The van der Waals surface area contributed by atoms with Gasteiger partial charge in [0.1, 0.15) is 0 Å². The molecule has 232 valence electrons. The summed E-state index contributed by atoms with van der Waals surface area (Å²) in [6.07, 6.45) is 11.0. The van der Waals surface area contributed by atoms with Crippen LogP contribution >= 0.6 is 0 Å². The van der Waals surface area contributed by atoms with E-state index >= 15 is 0 Å². The molecule has 2 N–H and O–H groups in total. The van der Waals surface area contributed by atoms with Crippen molar-refractivity contribution in [2.75, 3.05) is 19.6 Å². The summed E-state index contributed by atoms with van der Waals surface area (Å²) in [7, 11) is 0. The monoisotopic (exact) mass is 593 g/mol. The summed E-state index contributed by atoms with van der Waals surface area (Å²) in [6, 6.07) is 27.6. The van der Waals surface area contributed by atoms with Crippen molar-refractivity contribution in [1.82, 2.24) is 4.90 Å². The molecule has 5 nitrogen and oxygen atoms in total. The molecule has 5 rings (SSSR count). The number of aliphatic carboxylic acids is 2. The zero-order chi connectivity index (χ0) is 31.5. The number of hydrogen-bond acceptors (Lipinski definition) is 3. The van der Waals surface area contributed by atoms with Crippen LogP contribution in [0.2, 0.25) is 0 Å². The van der Waals surface area contributed by atoms with Crippen LogP contribution in [0.5, 0.6) is 0 Å². The van der Waals surface area contributed by atoms with Gasteiger partial charge < -0.3 is 15.1 Å². The van der Waals surface area contributed by atoms with Crippen LogP contribution in [0.3, 0.4) is 0 Å². The Morgan fingerprint density at radius 1 is 0.705 bits per heavy atom. The first kappa shape index (κ1) is 32.9. The second-order valence-corrected chi connectivity index (χ2v) is 12.9. The van der Waals surface area contributed by atoms with Crippen LogP contribution in [0, 0.1) is 0 Å². The Bertz CT molecular complexity index is 1400. The number of nitrogens with zero attached hydrogens (tertiary/aromatic N) is 1. The van der Waals surface area contributed by atoms with Gasteiger partial charge in [0.15, 0.2) is 0 Å². The van der Waals surface area contributed by atoms with Gasteiger partial charge in [-0.15, -0.1) is 0 Å². The maximum atomic E-state index is 9.55. The highest BCUT2D eigenvalue weighted by molar-refractivity contribution is 5.89. The second kappa shape index (κ2) is 15.7. The van der Waals surface area contributed by atoms with E-state index in [1.165, 1.54) is 91.5 Å². The summed E-state index contributed by atoms with van der Waals surface area (Å²) in [5.74, 6) is -2.51. The first-order valence-electron chi connectivity index (χ1n) is 16.0. The lowest BCUT2D eigenvalue weighted by Gasteiger charge is -2.30. The average Bonchev–Trinajstić information content (AvgIpc) is 3.17. The molecule has 0 saturated carbocycles. The lowest BCUT2D eigenvalue weighted by molar-refractivity contribution is -0.134. The molecule has 1 aliphatic heterocycles. The Balaban J connectivity index is 0.000000488. The number of aryl methyl sites for hydroxylation is 3. The van der Waals surface area contributed by atoms with E-state index in [2.05, 4.69) is 98.5 Å². The average molecular weight is 594 g/mol. The minimum absolute atomic E-state index is 0.242. The molecule has 0 aromatic heterocycles. The zero-order valence-electron chi connectivity index (χ0n) is 26.5. The third-order valence-corrected chi connectivity index (χ3v) is 8.68. The molecule has 44 heavy (non-hydrogen) atoms. The molecule has 1 aliphatic carbocycles. The standard InChI is InChI=1S/C35H43N.C4H4O4/c1-35(2,3)31-20-16-27(17-21-31)11-5-4-10-24-36-25-22-30(23-26-36)34-32-14-8-6-12-28(32)18-19-29-13-7-9-15-33(29)34;5-3(6)1-2-4(7)8/h6-9,12-17,20-21H,4-5,10-11,18-19,22-26H2,1-3H3;1-2H,(H,5,6)(H,7,8)/b;2-1+. The van der Waals surface area contributed by atoms with E-state index in [1.54, 1.807) is 11.1 Å². The molecule has 2 aliphatic rings. The van der Waals surface area contributed by atoms with Crippen LogP contribution in [-0.4, -0.2) is 46.7 Å². The van der Waals surface area contributed by atoms with Crippen LogP contribution < -0.4 is 0 Å². The zero-order valence-corrected chi connectivity index (χ0v) is 26.5. The van der Waals surface area contributed by atoms with Crippen molar-refractivity contribution >= 4 is 17.5 Å². The van der Waals surface area contributed by atoms with E-state index in [9.17, 15) is 9.59 Å². The molecule has 1 fully saturated rings. The van der Waals surface area contributed by atoms with Crippen LogP contribution in [0.15, 0.2) is 90.5 Å². The summed E-state index contributed by atoms with van der Waals surface area (Å²) in [6.45, 7) is 10.5. The van der Waals surface area contributed by atoms with Crippen LogP contribution in [-0.2, 0) is 34.3 Å². The number of rotatable bonds is 8. The summed E-state index contributed by atoms with van der Waals surface area (Å²) >= 11 is 0. The summed E-state index contributed by atoms with van der Waals surface area (Å²) in [4.78, 5) is 21.8. The van der Waals surface area contributed by atoms with Gasteiger partial charge in [-0.1, -0.05) is 106 Å². The van der Waals surface area contributed by atoms with Crippen molar-refractivity contribution < 1.29 is 19.8 Å². The van der Waals surface area contributed by atoms with Crippen molar-refractivity contribution in [2.24, 2.45) is 0 Å². The number of unbranched alkanes of at least 4 members (excludes halogenated alkanes) is 2. The van der Waals surface area contributed by atoms with Crippen molar-refractivity contribution in [3.8, 4) is 0 Å². The Morgan fingerprint density at radius 3 is 1.73 bits per heavy atom. The number of benzene rings is 3. The summed E-state index contributed by atoms with van der Waals surface area (Å²) in [5.41, 5.74) is 12.4. The SMILES string of the molecule is CC(C)(C)c1ccc(CCCCCN2CCC(=C3c4ccccc4CCc4ccccc43)CC2)cc1.O=C(O)/C=C/C(=O)O. The highest BCUT2D eigenvalue weighted by atomic mass is 16.4. The molecule has 1 heterocycles. The molecule has 1 saturated heterocycles. The molecule has 5 heteroatoms. The lowest BCUT2D eigenvalue weighted by Crippen LogP contribution is -2.32. The van der Waals surface area contributed by atoms with Gasteiger partial charge in [-0.3, -0.25) is 0 Å². The van der Waals surface area contributed by atoms with E-state index in [0.717, 1.165) is 12.8 Å². The van der Waals surface area contributed by atoms with Gasteiger partial charge in [-0.25, -0.2) is 9.59 Å². The maximum Gasteiger partial charge on any atom is 0.328 e. The predicted octanol–water partition coefficient (Wildman–Crippen LogP) is 8.11. The second-order valence-electron chi connectivity index (χ2n) is 12.9. The molecule has 0 amide bonds. The highest BCUT2D eigenvalue weighted by Crippen LogP contribution is 2.38. The summed E-state index contributed by atoms with van der Waals surface area (Å²) in [5, 5.41) is 15.6. The van der Waals surface area contributed by atoms with E-state index < -0.39 is 11.9 Å². The Hall–Kier alpha value is -3.96. The normalized spacial score (nSPS) is 15.2. The molecule has 0 spiro atoms. The minimum Gasteiger partial charge on any atom is -0.478 e. The third kappa shape index (κ3) is 9.52. The van der Waals surface area contributed by atoms with Gasteiger partial charge in [0, 0.05) is 25.2 Å². The van der Waals surface area contributed by atoms with Crippen LogP contribution in [0.25, 0.3) is 5.57 Å². The number of carboxylic acid groups (broad SMARTS) is 2. The topological polar surface area (TPSA) is 77.8 Å². The largest absolute Gasteiger partial charge is 0.478 e. The van der Waals surface area contributed by atoms with E-state index in [1.807, 2.05) is 0 Å². The third-order valence-electron chi connectivity index (χ3n) is 8.68. The Morgan fingerprint density at radius 2 is 1.23 bits per heavy atom. The van der Waals surface area contributed by atoms with E-state index in [0.29, 0.717) is 12.2 Å². The van der Waals surface area contributed by atoms with Crippen LogP contribution in [0.1, 0.15) is 86.3 Å². The first-order valence-corrected chi connectivity index (χ1v) is 16.0. The number of piperidine rings is 1. The Kier molecular flexibility index (Phi) is 11.7. The highest BCUT2D eigenvalue weighted by Gasteiger charge is 2.23. The number of carbonyl (C=O) groups is 2. The molecular formula is C39H47NO4. The van der Waals surface area contributed by atoms with Crippen molar-refractivity contribution in [2.45, 2.75) is 77.6 Å². The fourth-order valence-corrected chi connectivity index (χ4v) is 6.21. The van der Waals surface area contributed by atoms with E-state index in [4.69, 9.17) is 10.2 Å². The quantitative estimate of drug-likeness (QED) is 0.204. The molecule has 0 unspecified atom stereocenters. The van der Waals surface area contributed by atoms with Gasteiger partial charge in [0.25, 0.3) is 0 Å². The van der Waals surface area contributed by atoms with Crippen LogP contribution in [0.4, 0.5) is 0 Å². The number of fused-ring (bicyclic) bond motifs is 2. The van der Waals surface area contributed by atoms with Crippen molar-refractivity contribution in [3.63, 3.8) is 0 Å². The Labute approximate surface area is 262 Å². The first-order chi connectivity index (χ1) is 21.1. The maximum absolute atomic E-state index is 9.55. The fraction of sp³-hybridized carbons (Fsp3) is 0.385. The van der Waals surface area contributed by atoms with Crippen molar-refractivity contribution in [1.29, 1.82) is 0 Å². The van der Waals surface area contributed by atoms with Gasteiger partial charge in [-0.2, -0.15) is 0 Å². The van der Waals surface area contributed by atoms with Gasteiger partial charge in [0.2, 0.25) is 0 Å². The predicted molar refractivity (Wildman–Crippen MR) is 179 cm³/mol. The van der Waals surface area contributed by atoms with Gasteiger partial charge in [0.05, 0.1) is 0 Å². The molecule has 0 radical (unpaired) electrons. The van der Waals surface area contributed by atoms with E-state index in [-0.39, 0.29) is 5.41 Å². The molecule has 0 bridgehead atoms. The molecule has 0 atom stereocenters. The number of carboxylic acids is 2. The summed E-state index contributed by atoms with van der Waals surface area (Å²) < 4.78 is 0. The molecule has 3 aromatic rings. The fourth-order valence-electron chi connectivity index (χ4n) is 6.21. The van der Waals surface area contributed by atoms with Gasteiger partial charge >= 0.3 is 11.9 Å².